The van der Waals surface area contributed by atoms with Gasteiger partial charge in [0.05, 0.1) is 6.61 Å². The third kappa shape index (κ3) is 23.2. The normalized spacial score (nSPS) is 11.4. The van der Waals surface area contributed by atoms with Crippen molar-refractivity contribution in [2.24, 2.45) is 0 Å². The largest absolute Gasteiger partial charge is 0.466 e. The van der Waals surface area contributed by atoms with Gasteiger partial charge in [-0.05, 0) is 38.5 Å². The summed E-state index contributed by atoms with van der Waals surface area (Å²) in [7, 11) is 0. The zero-order valence-electron chi connectivity index (χ0n) is 19.0. The standard InChI is InChI=1S/C25H48O3/c1-3-5-7-8-9-10-11-12-13-14-15-16-17-18-19-21-25(26)28-24-20-23-27-22-6-4-2/h12-13H,3-11,14-24H2,1-2H3/b13-12-. The van der Waals surface area contributed by atoms with E-state index in [2.05, 4.69) is 26.0 Å². The second-order valence-electron chi connectivity index (χ2n) is 7.87. The molecule has 3 heteroatoms. The van der Waals surface area contributed by atoms with E-state index in [9.17, 15) is 4.79 Å². The van der Waals surface area contributed by atoms with E-state index >= 15 is 0 Å². The van der Waals surface area contributed by atoms with Gasteiger partial charge < -0.3 is 9.47 Å². The molecule has 0 rings (SSSR count). The highest BCUT2D eigenvalue weighted by Gasteiger charge is 2.02. The lowest BCUT2D eigenvalue weighted by Gasteiger charge is -2.05. The van der Waals surface area contributed by atoms with Gasteiger partial charge in [0.1, 0.15) is 0 Å². The van der Waals surface area contributed by atoms with Gasteiger partial charge >= 0.3 is 5.97 Å². The SMILES string of the molecule is CCCCCCCC/C=C\CCCCCCCC(=O)OCCCOCCCC. The van der Waals surface area contributed by atoms with Crippen LogP contribution in [-0.4, -0.2) is 25.8 Å². The van der Waals surface area contributed by atoms with E-state index in [0.717, 1.165) is 38.7 Å². The van der Waals surface area contributed by atoms with Crippen molar-refractivity contribution in [3.63, 3.8) is 0 Å². The van der Waals surface area contributed by atoms with Gasteiger partial charge in [-0.2, -0.15) is 0 Å². The first kappa shape index (κ1) is 27.2. The number of unbranched alkanes of at least 4 members (excludes halogenated alkanes) is 12. The number of esters is 1. The van der Waals surface area contributed by atoms with Crippen LogP contribution in [-0.2, 0) is 14.3 Å². The first-order valence-electron chi connectivity index (χ1n) is 12.2. The lowest BCUT2D eigenvalue weighted by Crippen LogP contribution is -2.08. The summed E-state index contributed by atoms with van der Waals surface area (Å²) >= 11 is 0. The van der Waals surface area contributed by atoms with E-state index in [1.54, 1.807) is 0 Å². The second-order valence-corrected chi connectivity index (χ2v) is 7.87. The summed E-state index contributed by atoms with van der Waals surface area (Å²) in [5.41, 5.74) is 0. The third-order valence-corrected chi connectivity index (χ3v) is 4.98. The quantitative estimate of drug-likeness (QED) is 0.106. The highest BCUT2D eigenvalue weighted by molar-refractivity contribution is 5.69. The number of hydrogen-bond acceptors (Lipinski definition) is 3. The molecule has 0 aliphatic carbocycles. The maximum atomic E-state index is 11.6. The Morgan fingerprint density at radius 1 is 0.607 bits per heavy atom. The highest BCUT2D eigenvalue weighted by atomic mass is 16.5. The molecule has 0 fully saturated rings. The fourth-order valence-electron chi connectivity index (χ4n) is 3.11. The first-order valence-corrected chi connectivity index (χ1v) is 12.2. The number of ether oxygens (including phenoxy) is 2. The molecule has 0 amide bonds. The molecule has 0 aromatic rings. The Balaban J connectivity index is 3.19. The van der Waals surface area contributed by atoms with Gasteiger partial charge in [0, 0.05) is 26.1 Å². The summed E-state index contributed by atoms with van der Waals surface area (Å²) < 4.78 is 10.7. The summed E-state index contributed by atoms with van der Waals surface area (Å²) in [5.74, 6) is -0.0498. The van der Waals surface area contributed by atoms with Gasteiger partial charge in [0.15, 0.2) is 0 Å². The average Bonchev–Trinajstić information content (AvgIpc) is 2.70. The molecule has 0 saturated heterocycles. The minimum Gasteiger partial charge on any atom is -0.466 e. The van der Waals surface area contributed by atoms with Gasteiger partial charge in [-0.1, -0.05) is 83.8 Å². The Morgan fingerprint density at radius 2 is 1.14 bits per heavy atom. The molecule has 0 aliphatic rings. The van der Waals surface area contributed by atoms with Crippen LogP contribution in [0.25, 0.3) is 0 Å². The fraction of sp³-hybridized carbons (Fsp3) is 0.880. The minimum atomic E-state index is -0.0498. The van der Waals surface area contributed by atoms with Crippen molar-refractivity contribution in [1.29, 1.82) is 0 Å². The number of carbonyl (C=O) groups is 1. The Kier molecular flexibility index (Phi) is 23.5. The predicted molar refractivity (Wildman–Crippen MR) is 121 cm³/mol. The summed E-state index contributed by atoms with van der Waals surface area (Å²) in [6, 6.07) is 0. The second kappa shape index (κ2) is 24.2. The topological polar surface area (TPSA) is 35.5 Å². The maximum absolute atomic E-state index is 11.6. The van der Waals surface area contributed by atoms with Crippen LogP contribution in [0.5, 0.6) is 0 Å². The molecule has 3 nitrogen and oxygen atoms in total. The van der Waals surface area contributed by atoms with Crippen molar-refractivity contribution in [2.75, 3.05) is 19.8 Å². The molecule has 0 aromatic carbocycles. The van der Waals surface area contributed by atoms with Crippen LogP contribution in [0.3, 0.4) is 0 Å². The molecular formula is C25H48O3. The van der Waals surface area contributed by atoms with Gasteiger partial charge in [-0.25, -0.2) is 0 Å². The van der Waals surface area contributed by atoms with Crippen LogP contribution in [0.4, 0.5) is 0 Å². The number of rotatable bonds is 22. The molecule has 0 spiro atoms. The molecule has 166 valence electrons. The van der Waals surface area contributed by atoms with E-state index in [-0.39, 0.29) is 5.97 Å². The van der Waals surface area contributed by atoms with Crippen LogP contribution in [0.15, 0.2) is 12.2 Å². The lowest BCUT2D eigenvalue weighted by molar-refractivity contribution is -0.144. The van der Waals surface area contributed by atoms with Crippen molar-refractivity contribution in [2.45, 2.75) is 123 Å². The predicted octanol–water partition coefficient (Wildman–Crippen LogP) is 7.77. The Bertz CT molecular complexity index is 339. The maximum Gasteiger partial charge on any atom is 0.305 e. The van der Waals surface area contributed by atoms with Crippen LogP contribution < -0.4 is 0 Å². The molecule has 0 atom stereocenters. The molecule has 0 radical (unpaired) electrons. The third-order valence-electron chi connectivity index (χ3n) is 4.98. The van der Waals surface area contributed by atoms with Crippen molar-refractivity contribution in [3.8, 4) is 0 Å². The van der Waals surface area contributed by atoms with E-state index in [4.69, 9.17) is 9.47 Å². The summed E-state index contributed by atoms with van der Waals surface area (Å²) in [5, 5.41) is 0. The van der Waals surface area contributed by atoms with Crippen LogP contribution in [0, 0.1) is 0 Å². The monoisotopic (exact) mass is 396 g/mol. The summed E-state index contributed by atoms with van der Waals surface area (Å²) in [4.78, 5) is 11.6. The lowest BCUT2D eigenvalue weighted by atomic mass is 10.1. The average molecular weight is 397 g/mol. The Morgan fingerprint density at radius 3 is 1.79 bits per heavy atom. The van der Waals surface area contributed by atoms with Crippen LogP contribution >= 0.6 is 0 Å². The molecule has 0 bridgehead atoms. The zero-order valence-corrected chi connectivity index (χ0v) is 19.0. The van der Waals surface area contributed by atoms with E-state index in [1.807, 2.05) is 0 Å². The van der Waals surface area contributed by atoms with Crippen molar-refractivity contribution >= 4 is 5.97 Å². The number of hydrogen-bond donors (Lipinski definition) is 0. The molecule has 28 heavy (non-hydrogen) atoms. The molecule has 0 saturated carbocycles. The number of carbonyl (C=O) groups excluding carboxylic acids is 1. The zero-order chi connectivity index (χ0) is 20.5. The van der Waals surface area contributed by atoms with Crippen molar-refractivity contribution < 1.29 is 14.3 Å². The molecule has 0 unspecified atom stereocenters. The van der Waals surface area contributed by atoms with Crippen LogP contribution in [0.2, 0.25) is 0 Å². The van der Waals surface area contributed by atoms with Gasteiger partial charge in [0.2, 0.25) is 0 Å². The fourth-order valence-corrected chi connectivity index (χ4v) is 3.11. The van der Waals surface area contributed by atoms with Gasteiger partial charge in [0.25, 0.3) is 0 Å². The van der Waals surface area contributed by atoms with E-state index in [1.165, 1.54) is 70.6 Å². The Hall–Kier alpha value is -0.830. The summed E-state index contributed by atoms with van der Waals surface area (Å²) in [6.07, 6.45) is 25.0. The molecular weight excluding hydrogens is 348 g/mol. The minimum absolute atomic E-state index is 0.0498. The molecule has 0 heterocycles. The molecule has 0 aliphatic heterocycles. The number of allylic oxidation sites excluding steroid dienone is 2. The first-order chi connectivity index (χ1) is 13.8. The van der Waals surface area contributed by atoms with E-state index in [0.29, 0.717) is 19.6 Å². The molecule has 0 aromatic heterocycles. The van der Waals surface area contributed by atoms with Crippen molar-refractivity contribution in [1.82, 2.24) is 0 Å². The van der Waals surface area contributed by atoms with Crippen molar-refractivity contribution in [3.05, 3.63) is 12.2 Å². The highest BCUT2D eigenvalue weighted by Crippen LogP contribution is 2.10. The summed E-state index contributed by atoms with van der Waals surface area (Å²) in [6.45, 7) is 6.43. The Labute approximate surface area is 175 Å². The van der Waals surface area contributed by atoms with Crippen LogP contribution in [0.1, 0.15) is 123 Å². The van der Waals surface area contributed by atoms with Gasteiger partial charge in [-0.3, -0.25) is 4.79 Å². The smallest absolute Gasteiger partial charge is 0.305 e. The van der Waals surface area contributed by atoms with Gasteiger partial charge in [-0.15, -0.1) is 0 Å². The van der Waals surface area contributed by atoms with E-state index < -0.39 is 0 Å². The molecule has 0 N–H and O–H groups in total.